The zero-order valence-corrected chi connectivity index (χ0v) is 11.9. The highest BCUT2D eigenvalue weighted by atomic mass is 16.5. The Kier molecular flexibility index (Phi) is 3.95. The number of nitrogens with zero attached hydrogens (tertiary/aromatic N) is 4. The first-order valence-corrected chi connectivity index (χ1v) is 7.00. The second kappa shape index (κ2) is 6.04. The molecule has 2 heterocycles. The van der Waals surface area contributed by atoms with Gasteiger partial charge in [-0.3, -0.25) is 4.90 Å². The van der Waals surface area contributed by atoms with Crippen LogP contribution in [0.25, 0.3) is 11.5 Å². The van der Waals surface area contributed by atoms with E-state index in [1.54, 1.807) is 0 Å². The molecule has 1 N–H and O–H groups in total. The van der Waals surface area contributed by atoms with Crippen molar-refractivity contribution in [3.8, 4) is 17.5 Å². The first-order valence-electron chi connectivity index (χ1n) is 7.00. The Bertz CT molecular complexity index is 660. The monoisotopic (exact) mass is 283 g/mol. The van der Waals surface area contributed by atoms with Gasteiger partial charge in [-0.25, -0.2) is 0 Å². The third-order valence-corrected chi connectivity index (χ3v) is 3.58. The van der Waals surface area contributed by atoms with Gasteiger partial charge in [-0.1, -0.05) is 22.9 Å². The molecule has 1 aliphatic rings. The fourth-order valence-corrected chi connectivity index (χ4v) is 2.46. The molecule has 1 saturated heterocycles. The number of hydrogen-bond acceptors (Lipinski definition) is 6. The number of benzene rings is 1. The first kappa shape index (κ1) is 13.7. The van der Waals surface area contributed by atoms with Crippen LogP contribution in [-0.4, -0.2) is 40.7 Å². The maximum absolute atomic E-state index is 9.16. The van der Waals surface area contributed by atoms with Crippen LogP contribution in [0.15, 0.2) is 28.8 Å². The lowest BCUT2D eigenvalue weighted by Crippen LogP contribution is -2.50. The van der Waals surface area contributed by atoms with E-state index in [1.165, 1.54) is 0 Å². The SMILES string of the molecule is Cc1cccc(-c2nc(CN3CCNCC3C#N)no2)c1. The number of rotatable bonds is 3. The molecule has 6 nitrogen and oxygen atoms in total. The number of piperazine rings is 1. The van der Waals surface area contributed by atoms with Gasteiger partial charge < -0.3 is 9.84 Å². The fourth-order valence-electron chi connectivity index (χ4n) is 2.46. The van der Waals surface area contributed by atoms with Crippen LogP contribution in [0.2, 0.25) is 0 Å². The molecule has 1 unspecified atom stereocenters. The minimum atomic E-state index is -0.139. The lowest BCUT2D eigenvalue weighted by molar-refractivity contribution is 0.183. The summed E-state index contributed by atoms with van der Waals surface area (Å²) in [6.07, 6.45) is 0. The maximum atomic E-state index is 9.16. The number of nitrogens with one attached hydrogen (secondary N) is 1. The van der Waals surface area contributed by atoms with Crippen LogP contribution >= 0.6 is 0 Å². The Labute approximate surface area is 123 Å². The van der Waals surface area contributed by atoms with Crippen LogP contribution < -0.4 is 5.32 Å². The fraction of sp³-hybridized carbons (Fsp3) is 0.400. The first-order chi connectivity index (χ1) is 10.3. The Morgan fingerprint density at radius 1 is 1.52 bits per heavy atom. The maximum Gasteiger partial charge on any atom is 0.257 e. The van der Waals surface area contributed by atoms with Gasteiger partial charge in [-0.05, 0) is 19.1 Å². The predicted molar refractivity (Wildman–Crippen MR) is 77.2 cm³/mol. The summed E-state index contributed by atoms with van der Waals surface area (Å²) in [6, 6.07) is 10.1. The van der Waals surface area contributed by atoms with E-state index in [9.17, 15) is 0 Å². The molecule has 1 aromatic carbocycles. The Morgan fingerprint density at radius 2 is 2.43 bits per heavy atom. The molecule has 0 amide bonds. The van der Waals surface area contributed by atoms with Crippen molar-refractivity contribution >= 4 is 0 Å². The lowest BCUT2D eigenvalue weighted by Gasteiger charge is -2.30. The molecular formula is C15H17N5O. The minimum Gasteiger partial charge on any atom is -0.334 e. The molecule has 108 valence electrons. The van der Waals surface area contributed by atoms with Crippen molar-refractivity contribution in [2.75, 3.05) is 19.6 Å². The Balaban J connectivity index is 1.75. The molecule has 21 heavy (non-hydrogen) atoms. The van der Waals surface area contributed by atoms with Gasteiger partial charge in [-0.2, -0.15) is 10.2 Å². The molecule has 6 heteroatoms. The largest absolute Gasteiger partial charge is 0.334 e. The van der Waals surface area contributed by atoms with Crippen molar-refractivity contribution in [1.29, 1.82) is 5.26 Å². The summed E-state index contributed by atoms with van der Waals surface area (Å²) in [5, 5.41) is 16.4. The molecular weight excluding hydrogens is 266 g/mol. The minimum absolute atomic E-state index is 0.139. The molecule has 1 fully saturated rings. The summed E-state index contributed by atoms with van der Waals surface area (Å²) in [7, 11) is 0. The number of hydrogen-bond donors (Lipinski definition) is 1. The summed E-state index contributed by atoms with van der Waals surface area (Å²) in [5.41, 5.74) is 2.07. The predicted octanol–water partition coefficient (Wildman–Crippen LogP) is 1.34. The molecule has 1 aliphatic heterocycles. The van der Waals surface area contributed by atoms with Crippen molar-refractivity contribution in [1.82, 2.24) is 20.4 Å². The molecule has 1 aromatic heterocycles. The van der Waals surface area contributed by atoms with E-state index in [4.69, 9.17) is 9.78 Å². The normalized spacial score (nSPS) is 19.3. The zero-order valence-electron chi connectivity index (χ0n) is 11.9. The van der Waals surface area contributed by atoms with E-state index in [1.807, 2.05) is 31.2 Å². The van der Waals surface area contributed by atoms with Crippen LogP contribution in [0, 0.1) is 18.3 Å². The average molecular weight is 283 g/mol. The summed E-state index contributed by atoms with van der Waals surface area (Å²) >= 11 is 0. The molecule has 0 saturated carbocycles. The number of nitriles is 1. The standard InChI is InChI=1S/C15H17N5O/c1-11-3-2-4-12(7-11)15-18-14(19-21-15)10-20-6-5-17-9-13(20)8-16/h2-4,7,13,17H,5-6,9-10H2,1H3. The van der Waals surface area contributed by atoms with Gasteiger partial charge in [0.2, 0.25) is 0 Å². The summed E-state index contributed by atoms with van der Waals surface area (Å²) in [5.74, 6) is 1.14. The van der Waals surface area contributed by atoms with Gasteiger partial charge in [0.05, 0.1) is 12.6 Å². The highest BCUT2D eigenvalue weighted by Gasteiger charge is 2.23. The van der Waals surface area contributed by atoms with Crippen LogP contribution in [0.5, 0.6) is 0 Å². The van der Waals surface area contributed by atoms with Gasteiger partial charge in [0.1, 0.15) is 6.04 Å². The third-order valence-electron chi connectivity index (χ3n) is 3.58. The Morgan fingerprint density at radius 3 is 3.24 bits per heavy atom. The van der Waals surface area contributed by atoms with E-state index in [2.05, 4.69) is 26.4 Å². The van der Waals surface area contributed by atoms with E-state index >= 15 is 0 Å². The second-order valence-corrected chi connectivity index (χ2v) is 5.20. The summed E-state index contributed by atoms with van der Waals surface area (Å²) < 4.78 is 5.33. The van der Waals surface area contributed by atoms with E-state index < -0.39 is 0 Å². The topological polar surface area (TPSA) is 78.0 Å². The van der Waals surface area contributed by atoms with Crippen LogP contribution in [-0.2, 0) is 6.54 Å². The smallest absolute Gasteiger partial charge is 0.257 e. The molecule has 2 aromatic rings. The zero-order chi connectivity index (χ0) is 14.7. The van der Waals surface area contributed by atoms with Gasteiger partial charge in [0, 0.05) is 25.2 Å². The average Bonchev–Trinajstić information content (AvgIpc) is 2.96. The third kappa shape index (κ3) is 3.10. The highest BCUT2D eigenvalue weighted by molar-refractivity contribution is 5.53. The Hall–Kier alpha value is -2.23. The van der Waals surface area contributed by atoms with Crippen molar-refractivity contribution < 1.29 is 4.52 Å². The number of aryl methyl sites for hydroxylation is 1. The van der Waals surface area contributed by atoms with E-state index in [0.717, 1.165) is 24.2 Å². The lowest BCUT2D eigenvalue weighted by atomic mass is 10.1. The summed E-state index contributed by atoms with van der Waals surface area (Å²) in [6.45, 7) is 4.93. The van der Waals surface area contributed by atoms with Crippen LogP contribution in [0.4, 0.5) is 0 Å². The van der Waals surface area contributed by atoms with Crippen molar-refractivity contribution in [3.63, 3.8) is 0 Å². The summed E-state index contributed by atoms with van der Waals surface area (Å²) in [4.78, 5) is 6.51. The van der Waals surface area contributed by atoms with Crippen molar-refractivity contribution in [2.24, 2.45) is 0 Å². The molecule has 0 aliphatic carbocycles. The molecule has 0 radical (unpaired) electrons. The van der Waals surface area contributed by atoms with Gasteiger partial charge >= 0.3 is 0 Å². The van der Waals surface area contributed by atoms with Crippen LogP contribution in [0.3, 0.4) is 0 Å². The van der Waals surface area contributed by atoms with E-state index in [0.29, 0.717) is 24.8 Å². The van der Waals surface area contributed by atoms with Gasteiger partial charge in [0.15, 0.2) is 5.82 Å². The highest BCUT2D eigenvalue weighted by Crippen LogP contribution is 2.19. The quantitative estimate of drug-likeness (QED) is 0.916. The van der Waals surface area contributed by atoms with Crippen LogP contribution in [0.1, 0.15) is 11.4 Å². The van der Waals surface area contributed by atoms with Gasteiger partial charge in [0.25, 0.3) is 5.89 Å². The molecule has 3 rings (SSSR count). The van der Waals surface area contributed by atoms with Gasteiger partial charge in [-0.15, -0.1) is 0 Å². The van der Waals surface area contributed by atoms with Crippen molar-refractivity contribution in [2.45, 2.75) is 19.5 Å². The molecule has 0 bridgehead atoms. The van der Waals surface area contributed by atoms with Crippen molar-refractivity contribution in [3.05, 3.63) is 35.7 Å². The second-order valence-electron chi connectivity index (χ2n) is 5.20. The molecule has 1 atom stereocenters. The molecule has 0 spiro atoms. The van der Waals surface area contributed by atoms with E-state index in [-0.39, 0.29) is 6.04 Å². The number of aromatic nitrogens is 2.